The van der Waals surface area contributed by atoms with Crippen molar-refractivity contribution in [3.8, 4) is 10.6 Å². The Morgan fingerprint density at radius 1 is 1.14 bits per heavy atom. The van der Waals surface area contributed by atoms with E-state index in [0.29, 0.717) is 29.4 Å². The van der Waals surface area contributed by atoms with E-state index in [0.717, 1.165) is 34.1 Å². The number of piperidine rings is 1. The Morgan fingerprint density at radius 2 is 1.86 bits per heavy atom. The predicted molar refractivity (Wildman–Crippen MR) is 135 cm³/mol. The fourth-order valence-corrected chi connectivity index (χ4v) is 6.81. The van der Waals surface area contributed by atoms with E-state index >= 15 is 0 Å². The molecule has 2 fully saturated rings. The Balaban J connectivity index is 1.20. The van der Waals surface area contributed by atoms with Crippen LogP contribution in [0.5, 0.6) is 0 Å². The van der Waals surface area contributed by atoms with Crippen molar-refractivity contribution in [2.75, 3.05) is 5.32 Å². The molecule has 0 aliphatic carbocycles. The first-order valence-corrected chi connectivity index (χ1v) is 13.6. The summed E-state index contributed by atoms with van der Waals surface area (Å²) in [6.07, 6.45) is -2.07. The largest absolute Gasteiger partial charge is 0.397 e. The number of aryl methyl sites for hydroxylation is 2. The molecule has 5 heterocycles. The number of halogens is 3. The van der Waals surface area contributed by atoms with Crippen molar-refractivity contribution in [2.45, 2.75) is 70.3 Å². The third kappa shape index (κ3) is 5.77. The standard InChI is InChI=1S/C24H25F3N6O2S2/c1-12-21(37-13(2)29-12)18-11-36-23(31-18)32-19-6-3-14(10-28-19)22(35)33-16-4-5-17(33)8-15(7-16)30-20(34)9-24(25,26)27/h3,6,10-11,15-17H,4-5,7-9H2,1-2H3,(H,30,34)(H,28,31,32)/t15?,16-,17+. The van der Waals surface area contributed by atoms with Crippen LogP contribution in [0.3, 0.4) is 0 Å². The molecule has 8 nitrogen and oxygen atoms in total. The van der Waals surface area contributed by atoms with Gasteiger partial charge in [-0.2, -0.15) is 13.2 Å². The first-order chi connectivity index (χ1) is 17.6. The van der Waals surface area contributed by atoms with Crippen LogP contribution in [0.4, 0.5) is 24.1 Å². The predicted octanol–water partition coefficient (Wildman–Crippen LogP) is 5.23. The molecule has 0 radical (unpaired) electrons. The van der Waals surface area contributed by atoms with Gasteiger partial charge in [0.2, 0.25) is 5.91 Å². The Labute approximate surface area is 219 Å². The van der Waals surface area contributed by atoms with Crippen LogP contribution in [-0.4, -0.2) is 56.0 Å². The van der Waals surface area contributed by atoms with E-state index in [1.807, 2.05) is 24.1 Å². The molecule has 3 aromatic rings. The van der Waals surface area contributed by atoms with Gasteiger partial charge >= 0.3 is 6.18 Å². The molecule has 0 spiro atoms. The molecule has 3 atom stereocenters. The highest BCUT2D eigenvalue weighted by molar-refractivity contribution is 7.16. The van der Waals surface area contributed by atoms with Crippen molar-refractivity contribution in [3.05, 3.63) is 40.0 Å². The van der Waals surface area contributed by atoms with E-state index < -0.39 is 18.5 Å². The number of fused-ring (bicyclic) bond motifs is 2. The summed E-state index contributed by atoms with van der Waals surface area (Å²) in [6.45, 7) is 3.92. The van der Waals surface area contributed by atoms with Crippen LogP contribution in [0.15, 0.2) is 23.7 Å². The van der Waals surface area contributed by atoms with Gasteiger partial charge in [0.25, 0.3) is 5.91 Å². The van der Waals surface area contributed by atoms with Gasteiger partial charge in [-0.25, -0.2) is 15.0 Å². The number of nitrogens with one attached hydrogen (secondary N) is 2. The lowest BCUT2D eigenvalue weighted by Crippen LogP contribution is -2.52. The van der Waals surface area contributed by atoms with E-state index in [2.05, 4.69) is 25.6 Å². The Morgan fingerprint density at radius 3 is 2.46 bits per heavy atom. The van der Waals surface area contributed by atoms with Crippen molar-refractivity contribution in [1.29, 1.82) is 0 Å². The zero-order valence-corrected chi connectivity index (χ0v) is 21.8. The first kappa shape index (κ1) is 25.6. The second kappa shape index (κ2) is 10.0. The van der Waals surface area contributed by atoms with Crippen LogP contribution in [0.25, 0.3) is 10.6 Å². The number of alkyl halides is 3. The van der Waals surface area contributed by atoms with E-state index in [4.69, 9.17) is 0 Å². The SMILES string of the molecule is Cc1nc(C)c(-c2csc(Nc3ccc(C(=O)N4[C@@H]5CC[C@H]4CC(NC(=O)CC(F)(F)F)C5)cn3)n2)s1. The number of carbonyl (C=O) groups excluding carboxylic acids is 2. The third-order valence-electron chi connectivity index (χ3n) is 6.58. The number of nitrogens with zero attached hydrogens (tertiary/aromatic N) is 4. The molecule has 2 bridgehead atoms. The number of pyridine rings is 1. The normalized spacial score (nSPS) is 21.2. The molecule has 2 amide bonds. The van der Waals surface area contributed by atoms with Crippen molar-refractivity contribution in [1.82, 2.24) is 25.2 Å². The van der Waals surface area contributed by atoms with Crippen LogP contribution < -0.4 is 10.6 Å². The van der Waals surface area contributed by atoms with Crippen LogP contribution in [0.1, 0.15) is 53.2 Å². The molecule has 2 N–H and O–H groups in total. The lowest BCUT2D eigenvalue weighted by Gasteiger charge is -2.39. The number of thiazole rings is 2. The molecule has 0 aromatic carbocycles. The molecule has 5 rings (SSSR count). The Bertz CT molecular complexity index is 1290. The van der Waals surface area contributed by atoms with Crippen LogP contribution in [0, 0.1) is 13.8 Å². The second-order valence-electron chi connectivity index (χ2n) is 9.37. The molecule has 2 saturated heterocycles. The van der Waals surface area contributed by atoms with Gasteiger partial charge in [0.15, 0.2) is 5.13 Å². The van der Waals surface area contributed by atoms with E-state index in [1.54, 1.807) is 23.5 Å². The molecular weight excluding hydrogens is 525 g/mol. The second-order valence-corrected chi connectivity index (χ2v) is 11.4. The summed E-state index contributed by atoms with van der Waals surface area (Å²) in [4.78, 5) is 41.3. The topological polar surface area (TPSA) is 100 Å². The van der Waals surface area contributed by atoms with Gasteiger partial charge in [-0.15, -0.1) is 22.7 Å². The molecule has 3 aromatic heterocycles. The fraction of sp³-hybridized carbons (Fsp3) is 0.458. The van der Waals surface area contributed by atoms with Crippen LogP contribution in [0.2, 0.25) is 0 Å². The lowest BCUT2D eigenvalue weighted by atomic mass is 9.96. The number of hydrogen-bond donors (Lipinski definition) is 2. The van der Waals surface area contributed by atoms with Gasteiger partial charge in [0, 0.05) is 29.7 Å². The quantitative estimate of drug-likeness (QED) is 0.436. The van der Waals surface area contributed by atoms with Gasteiger partial charge in [-0.05, 0) is 51.7 Å². The van der Waals surface area contributed by atoms with Gasteiger partial charge in [-0.3, -0.25) is 9.59 Å². The highest BCUT2D eigenvalue weighted by atomic mass is 32.1. The molecule has 196 valence electrons. The maximum absolute atomic E-state index is 13.3. The molecule has 2 aliphatic heterocycles. The van der Waals surface area contributed by atoms with Gasteiger partial charge in [-0.1, -0.05) is 0 Å². The molecule has 2 aliphatic rings. The number of anilines is 2. The smallest absolute Gasteiger partial charge is 0.353 e. The van der Waals surface area contributed by atoms with Crippen molar-refractivity contribution >= 4 is 45.4 Å². The maximum atomic E-state index is 13.3. The molecule has 1 unspecified atom stereocenters. The van der Waals surface area contributed by atoms with E-state index in [9.17, 15) is 22.8 Å². The van der Waals surface area contributed by atoms with Crippen LogP contribution in [-0.2, 0) is 4.79 Å². The third-order valence-corrected chi connectivity index (χ3v) is 8.43. The summed E-state index contributed by atoms with van der Waals surface area (Å²) in [5.74, 6) is -0.614. The first-order valence-electron chi connectivity index (χ1n) is 11.9. The summed E-state index contributed by atoms with van der Waals surface area (Å²) < 4.78 is 37.5. The summed E-state index contributed by atoms with van der Waals surface area (Å²) in [5, 5.41) is 9.30. The zero-order valence-electron chi connectivity index (χ0n) is 20.1. The lowest BCUT2D eigenvalue weighted by molar-refractivity contribution is -0.154. The summed E-state index contributed by atoms with van der Waals surface area (Å²) in [7, 11) is 0. The summed E-state index contributed by atoms with van der Waals surface area (Å²) in [5.41, 5.74) is 2.25. The molecule has 13 heteroatoms. The number of amides is 2. The average Bonchev–Trinajstić information content (AvgIpc) is 3.48. The molecular formula is C24H25F3N6O2S2. The van der Waals surface area contributed by atoms with E-state index in [-0.39, 0.29) is 24.0 Å². The Kier molecular flexibility index (Phi) is 6.92. The van der Waals surface area contributed by atoms with E-state index in [1.165, 1.54) is 17.5 Å². The fourth-order valence-electron chi connectivity index (χ4n) is 5.14. The monoisotopic (exact) mass is 550 g/mol. The van der Waals surface area contributed by atoms with Crippen molar-refractivity contribution in [2.24, 2.45) is 0 Å². The van der Waals surface area contributed by atoms with Gasteiger partial charge in [0.05, 0.1) is 26.8 Å². The molecule has 37 heavy (non-hydrogen) atoms. The highest BCUT2D eigenvalue weighted by Crippen LogP contribution is 2.37. The minimum Gasteiger partial charge on any atom is -0.353 e. The highest BCUT2D eigenvalue weighted by Gasteiger charge is 2.44. The van der Waals surface area contributed by atoms with Crippen LogP contribution >= 0.6 is 22.7 Å². The van der Waals surface area contributed by atoms with Gasteiger partial charge in [0.1, 0.15) is 12.2 Å². The Hall–Kier alpha value is -3.06. The van der Waals surface area contributed by atoms with Crippen molar-refractivity contribution < 1.29 is 22.8 Å². The number of carbonyl (C=O) groups is 2. The van der Waals surface area contributed by atoms with Gasteiger partial charge < -0.3 is 15.5 Å². The minimum atomic E-state index is -4.53. The number of rotatable bonds is 6. The maximum Gasteiger partial charge on any atom is 0.397 e. The van der Waals surface area contributed by atoms with Crippen molar-refractivity contribution in [3.63, 3.8) is 0 Å². The summed E-state index contributed by atoms with van der Waals surface area (Å²) >= 11 is 3.05. The number of aromatic nitrogens is 3. The minimum absolute atomic E-state index is 0.118. The summed E-state index contributed by atoms with van der Waals surface area (Å²) in [6, 6.07) is 2.84. The number of hydrogen-bond acceptors (Lipinski definition) is 8. The molecule has 0 saturated carbocycles. The average molecular weight is 551 g/mol. The zero-order chi connectivity index (χ0) is 26.3.